The number of aromatic nitrogens is 2. The number of guanidine groups is 1. The number of hydrogen-bond acceptors (Lipinski definition) is 5. The van der Waals surface area contributed by atoms with E-state index in [0.29, 0.717) is 12.5 Å². The quantitative estimate of drug-likeness (QED) is 0.353. The smallest absolute Gasteiger partial charge is 0.225 e. The van der Waals surface area contributed by atoms with Gasteiger partial charge in [0.2, 0.25) is 5.95 Å². The third-order valence-electron chi connectivity index (χ3n) is 4.47. The Hall–Kier alpha value is -1.94. The Kier molecular flexibility index (Phi) is 9.26. The molecule has 0 bridgehead atoms. The molecule has 3 rings (SSSR count). The predicted molar refractivity (Wildman–Crippen MR) is 121 cm³/mol. The molecule has 146 valence electrons. The van der Waals surface area contributed by atoms with Gasteiger partial charge in [0, 0.05) is 51.7 Å². The maximum absolute atomic E-state index is 5.95. The third kappa shape index (κ3) is 7.30. The molecule has 1 fully saturated rings. The van der Waals surface area contributed by atoms with Gasteiger partial charge in [0.1, 0.15) is 0 Å². The summed E-state index contributed by atoms with van der Waals surface area (Å²) >= 11 is 0. The monoisotopic (exact) mass is 481 g/mol. The number of halogens is 1. The molecule has 0 atom stereocenters. The van der Waals surface area contributed by atoms with E-state index in [1.807, 2.05) is 12.1 Å². The number of nitrogens with two attached hydrogens (primary N) is 1. The Labute approximate surface area is 178 Å². The second kappa shape index (κ2) is 11.7. The standard InChI is InChI=1S/C19H27N7.HI/c20-18(21-10-7-17-5-2-1-3-6-17)22-11-12-25-13-15-26(16-14-25)19-23-8-4-9-24-19;/h1-6,8-9H,7,10-16H2,(H3,20,21,22);1H. The molecule has 2 aromatic rings. The fourth-order valence-corrected chi connectivity index (χ4v) is 2.97. The first-order valence-corrected chi connectivity index (χ1v) is 9.13. The lowest BCUT2D eigenvalue weighted by Gasteiger charge is -2.34. The van der Waals surface area contributed by atoms with Crippen LogP contribution in [0.2, 0.25) is 0 Å². The van der Waals surface area contributed by atoms with Crippen LogP contribution in [0.15, 0.2) is 53.8 Å². The zero-order valence-electron chi connectivity index (χ0n) is 15.5. The van der Waals surface area contributed by atoms with Crippen LogP contribution in [-0.4, -0.2) is 66.6 Å². The molecular weight excluding hydrogens is 453 g/mol. The summed E-state index contributed by atoms with van der Waals surface area (Å²) < 4.78 is 0. The van der Waals surface area contributed by atoms with Crippen molar-refractivity contribution in [2.45, 2.75) is 6.42 Å². The highest BCUT2D eigenvalue weighted by Crippen LogP contribution is 2.09. The maximum atomic E-state index is 5.95. The number of hydrogen-bond donors (Lipinski definition) is 2. The molecule has 2 heterocycles. The van der Waals surface area contributed by atoms with Crippen LogP contribution in [0.3, 0.4) is 0 Å². The first-order chi connectivity index (χ1) is 12.8. The van der Waals surface area contributed by atoms with Gasteiger partial charge in [-0.15, -0.1) is 24.0 Å². The lowest BCUT2D eigenvalue weighted by Crippen LogP contribution is -2.47. The fourth-order valence-electron chi connectivity index (χ4n) is 2.97. The van der Waals surface area contributed by atoms with Gasteiger partial charge >= 0.3 is 0 Å². The Morgan fingerprint density at radius 1 is 1.04 bits per heavy atom. The summed E-state index contributed by atoms with van der Waals surface area (Å²) in [5.41, 5.74) is 7.25. The topological polar surface area (TPSA) is 82.7 Å². The molecule has 0 saturated carbocycles. The lowest BCUT2D eigenvalue weighted by atomic mass is 10.1. The molecule has 8 heteroatoms. The number of piperazine rings is 1. The summed E-state index contributed by atoms with van der Waals surface area (Å²) in [5.74, 6) is 1.34. The van der Waals surface area contributed by atoms with Gasteiger partial charge in [0.25, 0.3) is 0 Å². The molecule has 0 radical (unpaired) electrons. The Morgan fingerprint density at radius 3 is 2.44 bits per heavy atom. The zero-order chi connectivity index (χ0) is 18.0. The van der Waals surface area contributed by atoms with Crippen molar-refractivity contribution in [1.29, 1.82) is 0 Å². The van der Waals surface area contributed by atoms with E-state index in [4.69, 9.17) is 5.73 Å². The first kappa shape index (κ1) is 21.4. The van der Waals surface area contributed by atoms with Gasteiger partial charge in [-0.1, -0.05) is 30.3 Å². The van der Waals surface area contributed by atoms with Crippen LogP contribution >= 0.6 is 24.0 Å². The van der Waals surface area contributed by atoms with Crippen LogP contribution in [0.25, 0.3) is 0 Å². The summed E-state index contributed by atoms with van der Waals surface area (Å²) in [6.45, 7) is 6.31. The molecule has 1 aromatic heterocycles. The van der Waals surface area contributed by atoms with Crippen molar-refractivity contribution < 1.29 is 0 Å². The van der Waals surface area contributed by atoms with Crippen molar-refractivity contribution in [2.24, 2.45) is 10.7 Å². The lowest BCUT2D eigenvalue weighted by molar-refractivity contribution is 0.264. The van der Waals surface area contributed by atoms with Crippen molar-refractivity contribution in [3.63, 3.8) is 0 Å². The van der Waals surface area contributed by atoms with Gasteiger partial charge < -0.3 is 16.0 Å². The number of benzene rings is 1. The Bertz CT molecular complexity index is 673. The van der Waals surface area contributed by atoms with Crippen molar-refractivity contribution in [1.82, 2.24) is 20.2 Å². The van der Waals surface area contributed by atoms with Gasteiger partial charge in [-0.3, -0.25) is 9.89 Å². The molecule has 0 aliphatic carbocycles. The van der Waals surface area contributed by atoms with Crippen molar-refractivity contribution >= 4 is 35.9 Å². The minimum absolute atomic E-state index is 0. The average molecular weight is 481 g/mol. The molecule has 27 heavy (non-hydrogen) atoms. The summed E-state index contributed by atoms with van der Waals surface area (Å²) in [4.78, 5) is 17.7. The third-order valence-corrected chi connectivity index (χ3v) is 4.47. The van der Waals surface area contributed by atoms with Crippen LogP contribution in [-0.2, 0) is 6.42 Å². The number of nitrogens with zero attached hydrogens (tertiary/aromatic N) is 5. The highest BCUT2D eigenvalue weighted by atomic mass is 127. The minimum atomic E-state index is 0. The van der Waals surface area contributed by atoms with E-state index in [1.54, 1.807) is 12.4 Å². The first-order valence-electron chi connectivity index (χ1n) is 9.13. The van der Waals surface area contributed by atoms with Gasteiger partial charge in [0.05, 0.1) is 6.54 Å². The zero-order valence-corrected chi connectivity index (χ0v) is 17.8. The molecule has 1 aliphatic heterocycles. The molecular formula is C19H28IN7. The molecule has 7 nitrogen and oxygen atoms in total. The minimum Gasteiger partial charge on any atom is -0.370 e. The second-order valence-corrected chi connectivity index (χ2v) is 6.31. The van der Waals surface area contributed by atoms with Crippen LogP contribution < -0.4 is 16.0 Å². The average Bonchev–Trinajstić information content (AvgIpc) is 2.70. The molecule has 0 spiro atoms. The van der Waals surface area contributed by atoms with Crippen LogP contribution in [0.5, 0.6) is 0 Å². The van der Waals surface area contributed by atoms with Gasteiger partial charge in [-0.2, -0.15) is 0 Å². The van der Waals surface area contributed by atoms with Gasteiger partial charge in [-0.25, -0.2) is 9.97 Å². The molecule has 1 saturated heterocycles. The van der Waals surface area contributed by atoms with Crippen LogP contribution in [0.4, 0.5) is 5.95 Å². The van der Waals surface area contributed by atoms with Crippen LogP contribution in [0, 0.1) is 0 Å². The van der Waals surface area contributed by atoms with Crippen molar-refractivity contribution in [3.8, 4) is 0 Å². The van der Waals surface area contributed by atoms with E-state index in [-0.39, 0.29) is 24.0 Å². The normalized spacial score (nSPS) is 15.3. The van der Waals surface area contributed by atoms with Crippen molar-refractivity contribution in [3.05, 3.63) is 54.4 Å². The number of aliphatic imine (C=N–C) groups is 1. The molecule has 0 unspecified atom stereocenters. The predicted octanol–water partition coefficient (Wildman–Crippen LogP) is 1.36. The summed E-state index contributed by atoms with van der Waals surface area (Å²) in [6.07, 6.45) is 4.52. The summed E-state index contributed by atoms with van der Waals surface area (Å²) in [5, 5.41) is 3.18. The van der Waals surface area contributed by atoms with Crippen molar-refractivity contribution in [2.75, 3.05) is 50.7 Å². The number of anilines is 1. The van der Waals surface area contributed by atoms with E-state index in [9.17, 15) is 0 Å². The SMILES string of the molecule is I.NC(=NCCN1CCN(c2ncccn2)CC1)NCCc1ccccc1. The second-order valence-electron chi connectivity index (χ2n) is 6.31. The summed E-state index contributed by atoms with van der Waals surface area (Å²) in [6, 6.07) is 12.2. The highest BCUT2D eigenvalue weighted by molar-refractivity contribution is 14.0. The molecule has 1 aliphatic rings. The van der Waals surface area contributed by atoms with Gasteiger partial charge in [0.15, 0.2) is 5.96 Å². The molecule has 1 aromatic carbocycles. The Morgan fingerprint density at radius 2 is 1.74 bits per heavy atom. The fraction of sp³-hybridized carbons (Fsp3) is 0.421. The van der Waals surface area contributed by atoms with E-state index in [0.717, 1.165) is 51.6 Å². The Balaban J connectivity index is 0.00000261. The van der Waals surface area contributed by atoms with E-state index in [1.165, 1.54) is 5.56 Å². The van der Waals surface area contributed by atoms with E-state index in [2.05, 4.69) is 54.3 Å². The van der Waals surface area contributed by atoms with E-state index < -0.39 is 0 Å². The number of rotatable bonds is 7. The number of nitrogens with one attached hydrogen (secondary N) is 1. The highest BCUT2D eigenvalue weighted by Gasteiger charge is 2.17. The van der Waals surface area contributed by atoms with E-state index >= 15 is 0 Å². The molecule has 0 amide bonds. The van der Waals surface area contributed by atoms with Gasteiger partial charge in [-0.05, 0) is 18.1 Å². The molecule has 3 N–H and O–H groups in total. The van der Waals surface area contributed by atoms with Crippen LogP contribution in [0.1, 0.15) is 5.56 Å². The largest absolute Gasteiger partial charge is 0.370 e. The summed E-state index contributed by atoms with van der Waals surface area (Å²) in [7, 11) is 0. The maximum Gasteiger partial charge on any atom is 0.225 e.